The number of nitrogens with one attached hydrogen (secondary N) is 1. The highest BCUT2D eigenvalue weighted by atomic mass is 16.4. The third kappa shape index (κ3) is 5.32. The number of carboxylic acid groups (broad SMARTS) is 1. The number of hydrogen-bond donors (Lipinski definition) is 3. The van der Waals surface area contributed by atoms with Gasteiger partial charge in [0.05, 0.1) is 12.1 Å². The largest absolute Gasteiger partial charge is 0.481 e. The molecule has 0 saturated heterocycles. The molecule has 2 heterocycles. The number of rotatable bonds is 9. The van der Waals surface area contributed by atoms with Crippen LogP contribution in [0.1, 0.15) is 30.4 Å². The van der Waals surface area contributed by atoms with Gasteiger partial charge in [0, 0.05) is 42.4 Å². The van der Waals surface area contributed by atoms with Gasteiger partial charge >= 0.3 is 5.97 Å². The van der Waals surface area contributed by atoms with Crippen molar-refractivity contribution in [1.29, 1.82) is 5.41 Å². The number of aliphatic carboxylic acids is 1. The lowest BCUT2D eigenvalue weighted by Crippen LogP contribution is -2.35. The highest BCUT2D eigenvalue weighted by Gasteiger charge is 2.28. The molecule has 0 aliphatic carbocycles. The van der Waals surface area contributed by atoms with Crippen LogP contribution in [-0.4, -0.2) is 46.7 Å². The van der Waals surface area contributed by atoms with Gasteiger partial charge in [-0.2, -0.15) is 0 Å². The van der Waals surface area contributed by atoms with E-state index in [0.29, 0.717) is 40.6 Å². The minimum atomic E-state index is -0.971. The number of carboxylic acids is 1. The predicted octanol–water partition coefficient (Wildman–Crippen LogP) is 2.95. The Hall–Kier alpha value is -4.40. The number of fused-ring (bicyclic) bond motifs is 1. The molecule has 34 heavy (non-hydrogen) atoms. The lowest BCUT2D eigenvalue weighted by atomic mass is 10.0. The van der Waals surface area contributed by atoms with E-state index in [4.69, 9.17) is 16.2 Å². The third-order valence-corrected chi connectivity index (χ3v) is 5.50. The third-order valence-electron chi connectivity index (χ3n) is 5.50. The molecular weight excluding hydrogens is 432 g/mol. The van der Waals surface area contributed by atoms with Gasteiger partial charge in [0.15, 0.2) is 5.84 Å². The summed E-state index contributed by atoms with van der Waals surface area (Å²) >= 11 is 0. The smallest absolute Gasteiger partial charge is 0.305 e. The standard InChI is InChI=1S/C25H24N6O3/c26-23(27)17-9-6-16(7-10-17)8-11-21-29-20-14-18(15-28-24(20)30-21)25(34)31(13-12-22(32)33)19-4-2-1-3-5-19/h1-7,9-10,15H,8,11-14H2,(H3,26,27)(H,32,33). The van der Waals surface area contributed by atoms with Gasteiger partial charge in [-0.15, -0.1) is 0 Å². The predicted molar refractivity (Wildman–Crippen MR) is 132 cm³/mol. The van der Waals surface area contributed by atoms with Gasteiger partial charge in [0.2, 0.25) is 0 Å². The Balaban J connectivity index is 1.42. The second kappa shape index (κ2) is 10.0. The molecule has 1 amide bonds. The molecule has 0 bridgehead atoms. The van der Waals surface area contributed by atoms with E-state index in [1.807, 2.05) is 30.3 Å². The molecule has 172 valence electrons. The highest BCUT2D eigenvalue weighted by molar-refractivity contribution is 6.49. The molecule has 0 atom stereocenters. The first-order valence-corrected chi connectivity index (χ1v) is 10.8. The number of nitrogens with two attached hydrogens (primary N) is 1. The average molecular weight is 457 g/mol. The number of nitrogens with zero attached hydrogens (tertiary/aromatic N) is 4. The average Bonchev–Trinajstić information content (AvgIpc) is 3.25. The fraction of sp³-hybridized carbons (Fsp3) is 0.200. The van der Waals surface area contributed by atoms with Crippen LogP contribution < -0.4 is 10.6 Å². The van der Waals surface area contributed by atoms with Gasteiger partial charge in [-0.3, -0.25) is 15.0 Å². The van der Waals surface area contributed by atoms with Crippen molar-refractivity contribution in [3.8, 4) is 0 Å². The minimum Gasteiger partial charge on any atom is -0.481 e. The molecular formula is C25H24N6O3. The summed E-state index contributed by atoms with van der Waals surface area (Å²) in [5.74, 6) is -0.0721. The van der Waals surface area contributed by atoms with Gasteiger partial charge in [-0.05, 0) is 24.1 Å². The first-order chi connectivity index (χ1) is 16.4. The molecule has 2 aliphatic rings. The van der Waals surface area contributed by atoms with E-state index in [-0.39, 0.29) is 31.1 Å². The number of aliphatic imine (C=N–C) groups is 3. The number of hydrogen-bond acceptors (Lipinski definition) is 6. The second-order valence-electron chi connectivity index (χ2n) is 7.92. The van der Waals surface area contributed by atoms with E-state index in [1.165, 1.54) is 11.1 Å². The Morgan fingerprint density at radius 2 is 1.76 bits per heavy atom. The summed E-state index contributed by atoms with van der Waals surface area (Å²) < 4.78 is 0. The Morgan fingerprint density at radius 1 is 1.03 bits per heavy atom. The number of amides is 1. The molecule has 2 aromatic carbocycles. The zero-order valence-electron chi connectivity index (χ0n) is 18.4. The van der Waals surface area contributed by atoms with Crippen LogP contribution in [0.25, 0.3) is 0 Å². The lowest BCUT2D eigenvalue weighted by molar-refractivity contribution is -0.136. The van der Waals surface area contributed by atoms with Gasteiger partial charge in [-0.1, -0.05) is 42.5 Å². The lowest BCUT2D eigenvalue weighted by Gasteiger charge is -2.24. The molecule has 4 N–H and O–H groups in total. The Bertz CT molecular complexity index is 1240. The maximum absolute atomic E-state index is 13.2. The molecule has 0 spiro atoms. The summed E-state index contributed by atoms with van der Waals surface area (Å²) in [6.07, 6.45) is 2.95. The van der Waals surface area contributed by atoms with Crippen molar-refractivity contribution >= 4 is 40.8 Å². The van der Waals surface area contributed by atoms with Crippen molar-refractivity contribution < 1.29 is 14.7 Å². The van der Waals surface area contributed by atoms with Gasteiger partial charge < -0.3 is 15.7 Å². The summed E-state index contributed by atoms with van der Waals surface area (Å²) in [7, 11) is 0. The van der Waals surface area contributed by atoms with Crippen LogP contribution in [0, 0.1) is 5.41 Å². The number of nitrogen functional groups attached to an aromatic ring is 1. The van der Waals surface area contributed by atoms with Crippen LogP contribution in [0.2, 0.25) is 0 Å². The zero-order valence-corrected chi connectivity index (χ0v) is 18.4. The summed E-state index contributed by atoms with van der Waals surface area (Å²) in [6, 6.07) is 16.5. The fourth-order valence-electron chi connectivity index (χ4n) is 3.69. The highest BCUT2D eigenvalue weighted by Crippen LogP contribution is 2.23. The quantitative estimate of drug-likeness (QED) is 0.393. The van der Waals surface area contributed by atoms with E-state index in [1.54, 1.807) is 24.3 Å². The molecule has 9 nitrogen and oxygen atoms in total. The molecule has 2 aliphatic heterocycles. The number of aryl methyl sites for hydroxylation is 1. The molecule has 4 rings (SSSR count). The molecule has 0 aromatic heterocycles. The first-order valence-electron chi connectivity index (χ1n) is 10.8. The van der Waals surface area contributed by atoms with Crippen molar-refractivity contribution in [2.45, 2.75) is 25.7 Å². The van der Waals surface area contributed by atoms with E-state index in [0.717, 1.165) is 12.0 Å². The Labute approximate surface area is 196 Å². The molecule has 0 fully saturated rings. The number of carbonyl (C=O) groups excluding carboxylic acids is 1. The van der Waals surface area contributed by atoms with Gasteiger partial charge in [0.1, 0.15) is 11.7 Å². The van der Waals surface area contributed by atoms with Gasteiger partial charge in [-0.25, -0.2) is 15.0 Å². The molecule has 0 radical (unpaired) electrons. The van der Waals surface area contributed by atoms with E-state index in [2.05, 4.69) is 15.0 Å². The summed E-state index contributed by atoms with van der Waals surface area (Å²) in [5.41, 5.74) is 8.96. The number of carbonyl (C=O) groups is 2. The summed E-state index contributed by atoms with van der Waals surface area (Å²) in [6.45, 7) is 0.0583. The second-order valence-corrected chi connectivity index (χ2v) is 7.92. The normalized spacial score (nSPS) is 14.4. The van der Waals surface area contributed by atoms with Crippen LogP contribution >= 0.6 is 0 Å². The minimum absolute atomic E-state index is 0.0341. The molecule has 9 heteroatoms. The van der Waals surface area contributed by atoms with Crippen LogP contribution in [-0.2, 0) is 16.0 Å². The van der Waals surface area contributed by atoms with Crippen molar-refractivity contribution in [2.75, 3.05) is 11.4 Å². The molecule has 2 aromatic rings. The molecule has 0 saturated carbocycles. The van der Waals surface area contributed by atoms with Crippen molar-refractivity contribution in [3.05, 3.63) is 77.5 Å². The fourth-order valence-corrected chi connectivity index (χ4v) is 3.69. The maximum Gasteiger partial charge on any atom is 0.305 e. The van der Waals surface area contributed by atoms with Crippen LogP contribution in [0.3, 0.4) is 0 Å². The zero-order chi connectivity index (χ0) is 24.1. The van der Waals surface area contributed by atoms with Crippen LogP contribution in [0.4, 0.5) is 5.69 Å². The van der Waals surface area contributed by atoms with E-state index >= 15 is 0 Å². The van der Waals surface area contributed by atoms with Crippen LogP contribution in [0.5, 0.6) is 0 Å². The van der Waals surface area contributed by atoms with Crippen molar-refractivity contribution in [2.24, 2.45) is 20.7 Å². The SMILES string of the molecule is N=C(N)c1ccc(CCC2=NC3=NC=C(C(=O)N(CCC(=O)O)c4ccccc4)CC3=N2)cc1. The van der Waals surface area contributed by atoms with Gasteiger partial charge in [0.25, 0.3) is 5.91 Å². The first kappa shape index (κ1) is 22.8. The van der Waals surface area contributed by atoms with E-state index < -0.39 is 5.97 Å². The van der Waals surface area contributed by atoms with Crippen molar-refractivity contribution in [3.63, 3.8) is 0 Å². The number of amidine groups is 3. The maximum atomic E-state index is 13.2. The number of para-hydroxylation sites is 1. The monoisotopic (exact) mass is 456 g/mol. The van der Waals surface area contributed by atoms with Crippen LogP contribution in [0.15, 0.2) is 81.3 Å². The Kier molecular flexibility index (Phi) is 6.72. The van der Waals surface area contributed by atoms with E-state index in [9.17, 15) is 9.59 Å². The van der Waals surface area contributed by atoms with Crippen molar-refractivity contribution in [1.82, 2.24) is 0 Å². The summed E-state index contributed by atoms with van der Waals surface area (Å²) in [5, 5.41) is 16.6. The molecule has 0 unspecified atom stereocenters. The topological polar surface area (TPSA) is 145 Å². The number of benzene rings is 2. The summed E-state index contributed by atoms with van der Waals surface area (Å²) in [4.78, 5) is 39.2. The number of anilines is 1. The Morgan fingerprint density at radius 3 is 2.44 bits per heavy atom.